The predicted molar refractivity (Wildman–Crippen MR) is 100.0 cm³/mol. The van der Waals surface area contributed by atoms with Crippen molar-refractivity contribution in [2.45, 2.75) is 39.2 Å². The maximum absolute atomic E-state index is 12.7. The average molecular weight is 363 g/mol. The Morgan fingerprint density at radius 3 is 2.46 bits per heavy atom. The number of benzene rings is 1. The molecule has 0 amide bonds. The summed E-state index contributed by atoms with van der Waals surface area (Å²) in [6, 6.07) is 5.12. The van der Waals surface area contributed by atoms with E-state index in [-0.39, 0.29) is 5.92 Å². The summed E-state index contributed by atoms with van der Waals surface area (Å²) in [5.41, 5.74) is 1.48. The Morgan fingerprint density at radius 2 is 1.96 bits per heavy atom. The van der Waals surface area contributed by atoms with Crippen LogP contribution in [0.25, 0.3) is 0 Å². The highest BCUT2D eigenvalue weighted by Crippen LogP contribution is 2.31. The maximum atomic E-state index is 12.7. The molecule has 1 aromatic carbocycles. The fraction of sp³-hybridized carbons (Fsp3) is 0.350. The highest BCUT2D eigenvalue weighted by molar-refractivity contribution is 6.42. The number of halogens is 2. The van der Waals surface area contributed by atoms with E-state index in [4.69, 9.17) is 40.8 Å². The van der Waals surface area contributed by atoms with Crippen molar-refractivity contribution in [3.8, 4) is 24.7 Å². The van der Waals surface area contributed by atoms with Gasteiger partial charge in [0.05, 0.1) is 16.0 Å². The molecule has 0 aliphatic carbocycles. The molecule has 2 atom stereocenters. The number of carbonyl (C=O) groups is 1. The predicted octanol–water partition coefficient (Wildman–Crippen LogP) is 5.25. The van der Waals surface area contributed by atoms with Crippen molar-refractivity contribution in [1.29, 1.82) is 0 Å². The molecule has 0 bridgehead atoms. The number of carbonyl (C=O) groups excluding carboxylic acids is 1. The third kappa shape index (κ3) is 5.34. The second-order valence-corrected chi connectivity index (χ2v) is 6.55. The molecule has 1 aromatic rings. The van der Waals surface area contributed by atoms with Gasteiger partial charge in [-0.15, -0.1) is 18.8 Å². The fourth-order valence-electron chi connectivity index (χ4n) is 2.27. The quantitative estimate of drug-likeness (QED) is 0.392. The zero-order valence-electron chi connectivity index (χ0n) is 14.0. The van der Waals surface area contributed by atoms with Crippen LogP contribution in [0.2, 0.25) is 10.0 Å². The van der Waals surface area contributed by atoms with Crippen molar-refractivity contribution >= 4 is 29.2 Å². The summed E-state index contributed by atoms with van der Waals surface area (Å²) in [6.07, 6.45) is 12.2. The van der Waals surface area contributed by atoms with Gasteiger partial charge in [-0.3, -0.25) is 4.79 Å². The van der Waals surface area contributed by atoms with E-state index in [1.54, 1.807) is 31.2 Å². The second-order valence-electron chi connectivity index (χ2n) is 5.74. The maximum Gasteiger partial charge on any atom is 0.315 e. The van der Waals surface area contributed by atoms with E-state index in [0.29, 0.717) is 16.5 Å². The van der Waals surface area contributed by atoms with Crippen LogP contribution >= 0.6 is 23.2 Å². The summed E-state index contributed by atoms with van der Waals surface area (Å²) >= 11 is 12.0. The summed E-state index contributed by atoms with van der Waals surface area (Å²) in [7, 11) is 0. The first-order chi connectivity index (χ1) is 11.3. The zero-order chi connectivity index (χ0) is 18.3. The van der Waals surface area contributed by atoms with Crippen LogP contribution in [0.4, 0.5) is 0 Å². The minimum Gasteiger partial charge on any atom is -0.444 e. The molecule has 0 aliphatic rings. The number of allylic oxidation sites excluding steroid dienone is 1. The van der Waals surface area contributed by atoms with Crippen molar-refractivity contribution in [3.05, 3.63) is 45.5 Å². The Balaban J connectivity index is 3.05. The van der Waals surface area contributed by atoms with Crippen molar-refractivity contribution in [3.63, 3.8) is 0 Å². The molecule has 0 fully saturated rings. The lowest BCUT2D eigenvalue weighted by molar-refractivity contribution is -0.148. The summed E-state index contributed by atoms with van der Waals surface area (Å²) in [5, 5.41) is 0.831. The number of hydrogen-bond acceptors (Lipinski definition) is 2. The van der Waals surface area contributed by atoms with Gasteiger partial charge in [-0.05, 0) is 36.1 Å². The van der Waals surface area contributed by atoms with E-state index in [0.717, 1.165) is 11.1 Å². The van der Waals surface area contributed by atoms with Crippen molar-refractivity contribution in [2.24, 2.45) is 5.92 Å². The molecule has 0 heterocycles. The van der Waals surface area contributed by atoms with Gasteiger partial charge in [0, 0.05) is 6.42 Å². The number of ether oxygens (including phenoxy) is 1. The van der Waals surface area contributed by atoms with Crippen LogP contribution in [0.1, 0.15) is 38.7 Å². The molecule has 0 saturated carbocycles. The number of rotatable bonds is 6. The standard InChI is InChI=1S/C20H20Cl2O2/c1-6-8-9-14(5)18(7-2)24-20(23)19(13(3)4)15-10-11-16(21)17(22)12-15/h1-2,9-13,18-19H,8H2,3-5H3/b14-9+. The first-order valence-electron chi connectivity index (χ1n) is 7.53. The Labute approximate surface area is 154 Å². The Kier molecular flexibility index (Phi) is 7.93. The molecule has 24 heavy (non-hydrogen) atoms. The summed E-state index contributed by atoms with van der Waals surface area (Å²) in [4.78, 5) is 12.7. The first kappa shape index (κ1) is 20.2. The van der Waals surface area contributed by atoms with Crippen molar-refractivity contribution < 1.29 is 9.53 Å². The van der Waals surface area contributed by atoms with Crippen molar-refractivity contribution in [1.82, 2.24) is 0 Å². The zero-order valence-corrected chi connectivity index (χ0v) is 15.5. The van der Waals surface area contributed by atoms with E-state index in [2.05, 4.69) is 11.8 Å². The van der Waals surface area contributed by atoms with Crippen LogP contribution in [0.15, 0.2) is 29.8 Å². The van der Waals surface area contributed by atoms with Crippen LogP contribution in [0.5, 0.6) is 0 Å². The largest absolute Gasteiger partial charge is 0.444 e. The molecule has 0 spiro atoms. The van der Waals surface area contributed by atoms with E-state index < -0.39 is 18.0 Å². The van der Waals surface area contributed by atoms with Gasteiger partial charge in [0.15, 0.2) is 6.10 Å². The lowest BCUT2D eigenvalue weighted by Gasteiger charge is -2.23. The first-order valence-corrected chi connectivity index (χ1v) is 8.29. The monoisotopic (exact) mass is 362 g/mol. The molecular weight excluding hydrogens is 343 g/mol. The molecule has 1 rings (SSSR count). The fourth-order valence-corrected chi connectivity index (χ4v) is 2.58. The van der Waals surface area contributed by atoms with E-state index >= 15 is 0 Å². The van der Waals surface area contributed by atoms with Gasteiger partial charge in [-0.1, -0.05) is 55.1 Å². The minimum atomic E-state index is -0.741. The number of hydrogen-bond donors (Lipinski definition) is 0. The highest BCUT2D eigenvalue weighted by atomic mass is 35.5. The molecule has 0 N–H and O–H groups in total. The second kappa shape index (κ2) is 9.43. The third-order valence-corrected chi connectivity index (χ3v) is 4.30. The Bertz CT molecular complexity index is 705. The topological polar surface area (TPSA) is 26.3 Å². The lowest BCUT2D eigenvalue weighted by Crippen LogP contribution is -2.26. The molecule has 2 nitrogen and oxygen atoms in total. The molecule has 4 heteroatoms. The molecule has 0 aromatic heterocycles. The molecule has 0 saturated heterocycles. The van der Waals surface area contributed by atoms with Crippen LogP contribution in [-0.2, 0) is 9.53 Å². The van der Waals surface area contributed by atoms with Gasteiger partial charge in [0.2, 0.25) is 0 Å². The van der Waals surface area contributed by atoms with Gasteiger partial charge in [0.25, 0.3) is 0 Å². The number of esters is 1. The van der Waals surface area contributed by atoms with Crippen LogP contribution in [-0.4, -0.2) is 12.1 Å². The van der Waals surface area contributed by atoms with Gasteiger partial charge >= 0.3 is 5.97 Å². The molecular formula is C20H20Cl2O2. The van der Waals surface area contributed by atoms with E-state index in [1.807, 2.05) is 13.8 Å². The van der Waals surface area contributed by atoms with Crippen molar-refractivity contribution in [2.75, 3.05) is 0 Å². The van der Waals surface area contributed by atoms with Gasteiger partial charge in [-0.25, -0.2) is 0 Å². The summed E-state index contributed by atoms with van der Waals surface area (Å²) in [6.45, 7) is 5.65. The van der Waals surface area contributed by atoms with Gasteiger partial charge in [0.1, 0.15) is 0 Å². The molecule has 2 unspecified atom stereocenters. The Hall–Kier alpha value is -1.87. The van der Waals surface area contributed by atoms with E-state index in [9.17, 15) is 4.79 Å². The SMILES string of the molecule is C#CC/C=C(\C)C(C#C)OC(=O)C(c1ccc(Cl)c(Cl)c1)C(C)C. The molecule has 0 radical (unpaired) electrons. The average Bonchev–Trinajstić information content (AvgIpc) is 2.53. The smallest absolute Gasteiger partial charge is 0.315 e. The molecule has 0 aliphatic heterocycles. The van der Waals surface area contributed by atoms with Crippen LogP contribution in [0.3, 0.4) is 0 Å². The summed E-state index contributed by atoms with van der Waals surface area (Å²) in [5.74, 6) is 4.09. The lowest BCUT2D eigenvalue weighted by atomic mass is 9.88. The van der Waals surface area contributed by atoms with Gasteiger partial charge < -0.3 is 4.74 Å². The molecule has 126 valence electrons. The van der Waals surface area contributed by atoms with E-state index in [1.165, 1.54) is 0 Å². The minimum absolute atomic E-state index is 0.00293. The third-order valence-electron chi connectivity index (χ3n) is 3.56. The highest BCUT2D eigenvalue weighted by Gasteiger charge is 2.28. The Morgan fingerprint density at radius 1 is 1.29 bits per heavy atom. The van der Waals surface area contributed by atoms with Crippen LogP contribution in [0, 0.1) is 30.6 Å². The van der Waals surface area contributed by atoms with Crippen LogP contribution < -0.4 is 0 Å². The normalized spacial score (nSPS) is 13.8. The number of terminal acetylenes is 2. The van der Waals surface area contributed by atoms with Gasteiger partial charge in [-0.2, -0.15) is 0 Å². The summed E-state index contributed by atoms with van der Waals surface area (Å²) < 4.78 is 5.52.